The van der Waals surface area contributed by atoms with E-state index in [9.17, 15) is 0 Å². The maximum Gasteiger partial charge on any atom is 0.174 e. The Bertz CT molecular complexity index is 2680. The summed E-state index contributed by atoms with van der Waals surface area (Å²) in [5, 5.41) is 3.63. The van der Waals surface area contributed by atoms with Crippen LogP contribution in [0.1, 0.15) is 25.0 Å². The monoisotopic (exact) mass is 646 g/mol. The van der Waals surface area contributed by atoms with Gasteiger partial charge in [0.2, 0.25) is 0 Å². The third kappa shape index (κ3) is 4.19. The highest BCUT2D eigenvalue weighted by atomic mass is 32.1. The summed E-state index contributed by atoms with van der Waals surface area (Å²) in [6.45, 7) is 4.62. The first-order chi connectivity index (χ1) is 24.1. The quantitative estimate of drug-likeness (QED) is 0.191. The average Bonchev–Trinajstić information content (AvgIpc) is 3.80. The highest BCUT2D eigenvalue weighted by Gasteiger charge is 2.37. The predicted molar refractivity (Wildman–Crippen MR) is 203 cm³/mol. The fraction of sp³-hybridized carbons (Fsp3) is 0.0682. The van der Waals surface area contributed by atoms with Gasteiger partial charge >= 0.3 is 0 Å². The lowest BCUT2D eigenvalue weighted by Gasteiger charge is -2.21. The van der Waals surface area contributed by atoms with Crippen LogP contribution in [0.25, 0.3) is 82.2 Å². The molecule has 10 rings (SSSR count). The lowest BCUT2D eigenvalue weighted by Crippen LogP contribution is -2.14. The minimum absolute atomic E-state index is 0.130. The molecule has 9 aromatic rings. The molecule has 0 saturated carbocycles. The van der Waals surface area contributed by atoms with Gasteiger partial charge in [-0.3, -0.25) is 0 Å². The van der Waals surface area contributed by atoms with Crippen molar-refractivity contribution in [3.05, 3.63) is 157 Å². The Kier molecular flexibility index (Phi) is 6.05. The number of aromatic nitrogens is 4. The minimum atomic E-state index is -0.130. The first-order valence-corrected chi connectivity index (χ1v) is 17.4. The van der Waals surface area contributed by atoms with Crippen LogP contribution in [-0.2, 0) is 5.41 Å². The zero-order valence-corrected chi connectivity index (χ0v) is 27.9. The van der Waals surface area contributed by atoms with Crippen LogP contribution in [0.2, 0.25) is 0 Å². The van der Waals surface area contributed by atoms with Crippen LogP contribution < -0.4 is 0 Å². The molecule has 0 N–H and O–H groups in total. The molecule has 1 aliphatic carbocycles. The molecule has 1 aliphatic rings. The van der Waals surface area contributed by atoms with Gasteiger partial charge in [-0.25, -0.2) is 15.0 Å². The van der Waals surface area contributed by atoms with Crippen LogP contribution in [0.15, 0.2) is 146 Å². The van der Waals surface area contributed by atoms with Gasteiger partial charge in [-0.05, 0) is 64.0 Å². The van der Waals surface area contributed by atoms with E-state index >= 15 is 0 Å². The van der Waals surface area contributed by atoms with Gasteiger partial charge in [0.15, 0.2) is 17.5 Å². The second-order valence-electron chi connectivity index (χ2n) is 13.2. The Morgan fingerprint density at radius 1 is 0.510 bits per heavy atom. The Hall–Kier alpha value is -5.91. The molecular weight excluding hydrogens is 617 g/mol. The summed E-state index contributed by atoms with van der Waals surface area (Å²) in [5.41, 5.74) is 10.2. The molecule has 49 heavy (non-hydrogen) atoms. The maximum absolute atomic E-state index is 5.35. The summed E-state index contributed by atoms with van der Waals surface area (Å²) < 4.78 is 3.56. The second-order valence-corrected chi connectivity index (χ2v) is 14.3. The number of nitrogens with zero attached hydrogens (tertiary/aromatic N) is 4. The van der Waals surface area contributed by atoms with E-state index in [2.05, 4.69) is 164 Å². The van der Waals surface area contributed by atoms with Crippen molar-refractivity contribution in [2.24, 2.45) is 0 Å². The first-order valence-electron chi connectivity index (χ1n) is 16.6. The molecule has 0 aliphatic heterocycles. The maximum atomic E-state index is 5.35. The zero-order chi connectivity index (χ0) is 32.7. The Balaban J connectivity index is 1.26. The van der Waals surface area contributed by atoms with Crippen LogP contribution in [0.3, 0.4) is 0 Å². The van der Waals surface area contributed by atoms with Crippen molar-refractivity contribution in [1.82, 2.24) is 19.5 Å². The SMILES string of the molecule is CC1(C)c2ccccc2-c2c(-c3nc(-c4cc5ccccc5s4)nc(-c4ccccc4-n4c5ccccc5c5ccccc54)n3)cccc21. The summed E-state index contributed by atoms with van der Waals surface area (Å²) >= 11 is 1.72. The number of fused-ring (bicyclic) bond motifs is 7. The summed E-state index contributed by atoms with van der Waals surface area (Å²) in [6.07, 6.45) is 0. The molecule has 3 aromatic heterocycles. The summed E-state index contributed by atoms with van der Waals surface area (Å²) in [4.78, 5) is 16.9. The second kappa shape index (κ2) is 10.5. The average molecular weight is 647 g/mol. The third-order valence-electron chi connectivity index (χ3n) is 10.1. The number of benzene rings is 6. The molecule has 0 spiro atoms. The standard InChI is InChI=1S/C44H30N4S/c1-44(2)33-20-8-4-17-30(33)40-32(19-13-21-34(40)44)42-45-41(46-43(47-42)39-26-27-14-3-12-25-38(27)49-39)31-18-7-11-24-37(31)48-35-22-9-5-15-28(35)29-16-6-10-23-36(29)48/h3-26H,1-2H3. The van der Waals surface area contributed by atoms with Crippen molar-refractivity contribution in [3.8, 4) is 50.3 Å². The van der Waals surface area contributed by atoms with Gasteiger partial charge in [-0.1, -0.05) is 123 Å². The van der Waals surface area contributed by atoms with Gasteiger partial charge in [0.25, 0.3) is 0 Å². The highest BCUT2D eigenvalue weighted by Crippen LogP contribution is 2.51. The molecule has 0 amide bonds. The van der Waals surface area contributed by atoms with Crippen molar-refractivity contribution < 1.29 is 0 Å². The molecule has 5 heteroatoms. The van der Waals surface area contributed by atoms with E-state index in [0.717, 1.165) is 32.7 Å². The van der Waals surface area contributed by atoms with Gasteiger partial charge in [0, 0.05) is 32.0 Å². The fourth-order valence-electron chi connectivity index (χ4n) is 7.80. The van der Waals surface area contributed by atoms with Crippen LogP contribution in [0, 0.1) is 0 Å². The number of rotatable bonds is 4. The van der Waals surface area contributed by atoms with Crippen molar-refractivity contribution in [2.45, 2.75) is 19.3 Å². The van der Waals surface area contributed by atoms with E-state index in [0.29, 0.717) is 17.5 Å². The van der Waals surface area contributed by atoms with Gasteiger partial charge < -0.3 is 4.57 Å². The lowest BCUT2D eigenvalue weighted by molar-refractivity contribution is 0.660. The molecule has 232 valence electrons. The Labute approximate surface area is 288 Å². The van der Waals surface area contributed by atoms with Crippen molar-refractivity contribution in [3.63, 3.8) is 0 Å². The number of para-hydroxylation sites is 3. The summed E-state index contributed by atoms with van der Waals surface area (Å²) in [5.74, 6) is 2.01. The number of thiophene rings is 1. The number of hydrogen-bond acceptors (Lipinski definition) is 4. The van der Waals surface area contributed by atoms with E-state index in [1.807, 2.05) is 0 Å². The van der Waals surface area contributed by atoms with Crippen molar-refractivity contribution in [2.75, 3.05) is 0 Å². The van der Waals surface area contributed by atoms with Gasteiger partial charge in [0.1, 0.15) is 0 Å². The molecule has 0 atom stereocenters. The molecule has 3 heterocycles. The van der Waals surface area contributed by atoms with Crippen molar-refractivity contribution in [1.29, 1.82) is 0 Å². The van der Waals surface area contributed by atoms with E-state index in [1.165, 1.54) is 43.1 Å². The molecule has 0 bridgehead atoms. The molecule has 0 unspecified atom stereocenters. The normalized spacial score (nSPS) is 13.3. The lowest BCUT2D eigenvalue weighted by atomic mass is 9.82. The summed E-state index contributed by atoms with van der Waals surface area (Å²) in [7, 11) is 0. The highest BCUT2D eigenvalue weighted by molar-refractivity contribution is 7.22. The van der Waals surface area contributed by atoms with E-state index in [-0.39, 0.29) is 5.41 Å². The van der Waals surface area contributed by atoms with E-state index in [1.54, 1.807) is 11.3 Å². The fourth-order valence-corrected chi connectivity index (χ4v) is 8.80. The van der Waals surface area contributed by atoms with Gasteiger partial charge in [0.05, 0.1) is 21.6 Å². The first kappa shape index (κ1) is 28.1. The minimum Gasteiger partial charge on any atom is -0.309 e. The van der Waals surface area contributed by atoms with Gasteiger partial charge in [-0.15, -0.1) is 11.3 Å². The molecular formula is C44H30N4S. The largest absolute Gasteiger partial charge is 0.309 e. The van der Waals surface area contributed by atoms with Crippen LogP contribution in [0.4, 0.5) is 0 Å². The van der Waals surface area contributed by atoms with Gasteiger partial charge in [-0.2, -0.15) is 0 Å². The molecule has 0 fully saturated rings. The molecule has 6 aromatic carbocycles. The van der Waals surface area contributed by atoms with E-state index < -0.39 is 0 Å². The third-order valence-corrected chi connectivity index (χ3v) is 11.2. The predicted octanol–water partition coefficient (Wildman–Crippen LogP) is 11.5. The molecule has 0 radical (unpaired) electrons. The van der Waals surface area contributed by atoms with Crippen molar-refractivity contribution >= 4 is 43.2 Å². The zero-order valence-electron chi connectivity index (χ0n) is 27.1. The summed E-state index contributed by atoms with van der Waals surface area (Å²) in [6, 6.07) is 51.7. The van der Waals surface area contributed by atoms with Crippen LogP contribution >= 0.6 is 11.3 Å². The van der Waals surface area contributed by atoms with Crippen LogP contribution in [0.5, 0.6) is 0 Å². The molecule has 4 nitrogen and oxygen atoms in total. The Morgan fingerprint density at radius 3 is 1.86 bits per heavy atom. The number of hydrogen-bond donors (Lipinski definition) is 0. The smallest absolute Gasteiger partial charge is 0.174 e. The molecule has 0 saturated heterocycles. The van der Waals surface area contributed by atoms with Crippen LogP contribution in [-0.4, -0.2) is 19.5 Å². The topological polar surface area (TPSA) is 43.6 Å². The Morgan fingerprint density at radius 2 is 1.08 bits per heavy atom. The van der Waals surface area contributed by atoms with E-state index in [4.69, 9.17) is 15.0 Å².